The second kappa shape index (κ2) is 7.31. The lowest BCUT2D eigenvalue weighted by molar-refractivity contribution is -0.153. The summed E-state index contributed by atoms with van der Waals surface area (Å²) in [6.45, 7) is 7.17. The van der Waals surface area contributed by atoms with Crippen molar-refractivity contribution in [2.45, 2.75) is 46.0 Å². The summed E-state index contributed by atoms with van der Waals surface area (Å²) >= 11 is 0. The summed E-state index contributed by atoms with van der Waals surface area (Å²) in [6.07, 6.45) is -3.81. The van der Waals surface area contributed by atoms with E-state index in [0.29, 0.717) is 13.1 Å². The molecule has 0 spiro atoms. The van der Waals surface area contributed by atoms with Gasteiger partial charge in [0, 0.05) is 13.1 Å². The van der Waals surface area contributed by atoms with E-state index < -0.39 is 12.8 Å². The van der Waals surface area contributed by atoms with Crippen LogP contribution in [0.5, 0.6) is 5.75 Å². The van der Waals surface area contributed by atoms with Crippen LogP contribution >= 0.6 is 0 Å². The second-order valence-electron chi connectivity index (χ2n) is 7.61. The Labute approximate surface area is 141 Å². The molecule has 2 atom stereocenters. The van der Waals surface area contributed by atoms with E-state index in [1.165, 1.54) is 6.07 Å². The largest absolute Gasteiger partial charge is 0.484 e. The van der Waals surface area contributed by atoms with E-state index in [0.717, 1.165) is 18.5 Å². The van der Waals surface area contributed by atoms with Crippen molar-refractivity contribution in [2.75, 3.05) is 19.7 Å². The van der Waals surface area contributed by atoms with Crippen LogP contribution in [0.1, 0.15) is 32.8 Å². The van der Waals surface area contributed by atoms with E-state index in [9.17, 15) is 18.3 Å². The predicted octanol–water partition coefficient (Wildman–Crippen LogP) is 3.86. The number of ether oxygens (including phenoxy) is 1. The van der Waals surface area contributed by atoms with Gasteiger partial charge in [0.25, 0.3) is 0 Å². The van der Waals surface area contributed by atoms with Crippen molar-refractivity contribution in [3.63, 3.8) is 0 Å². The zero-order chi connectivity index (χ0) is 18.0. The fraction of sp³-hybridized carbons (Fsp3) is 0.667. The average Bonchev–Trinajstić information content (AvgIpc) is 2.43. The first kappa shape index (κ1) is 19.1. The van der Waals surface area contributed by atoms with Gasteiger partial charge in [0.15, 0.2) is 6.61 Å². The molecule has 1 aromatic rings. The number of nitrogens with zero attached hydrogens (tertiary/aromatic N) is 1. The van der Waals surface area contributed by atoms with Crippen LogP contribution in [0.2, 0.25) is 0 Å². The normalized spacial score (nSPS) is 23.3. The van der Waals surface area contributed by atoms with Gasteiger partial charge in [-0.2, -0.15) is 13.2 Å². The molecule has 0 radical (unpaired) electrons. The number of alkyl halides is 3. The van der Waals surface area contributed by atoms with Gasteiger partial charge in [0.1, 0.15) is 5.75 Å². The summed E-state index contributed by atoms with van der Waals surface area (Å²) in [4.78, 5) is 2.13. The summed E-state index contributed by atoms with van der Waals surface area (Å²) < 4.78 is 41.5. The van der Waals surface area contributed by atoms with E-state index in [-0.39, 0.29) is 23.2 Å². The predicted molar refractivity (Wildman–Crippen MR) is 86.8 cm³/mol. The molecule has 24 heavy (non-hydrogen) atoms. The molecule has 0 amide bonds. The highest BCUT2D eigenvalue weighted by Crippen LogP contribution is 2.35. The molecule has 1 aliphatic heterocycles. The van der Waals surface area contributed by atoms with E-state index >= 15 is 0 Å². The quantitative estimate of drug-likeness (QED) is 0.899. The third kappa shape index (κ3) is 5.67. The minimum atomic E-state index is -4.34. The molecule has 1 saturated heterocycles. The number of halogens is 3. The summed E-state index contributed by atoms with van der Waals surface area (Å²) in [5, 5.41) is 10.4. The zero-order valence-corrected chi connectivity index (χ0v) is 14.4. The van der Waals surface area contributed by atoms with Crippen molar-refractivity contribution in [1.82, 2.24) is 4.90 Å². The molecular weight excluding hydrogens is 319 g/mol. The van der Waals surface area contributed by atoms with Crippen LogP contribution in [0.3, 0.4) is 0 Å². The van der Waals surface area contributed by atoms with Gasteiger partial charge in [-0.3, -0.25) is 4.90 Å². The Morgan fingerprint density at radius 1 is 1.25 bits per heavy atom. The highest BCUT2D eigenvalue weighted by molar-refractivity contribution is 5.28. The molecule has 6 heteroatoms. The molecule has 0 aliphatic carbocycles. The summed E-state index contributed by atoms with van der Waals surface area (Å²) in [7, 11) is 0. The van der Waals surface area contributed by atoms with Gasteiger partial charge in [-0.25, -0.2) is 0 Å². The molecule has 1 heterocycles. The van der Waals surface area contributed by atoms with Crippen LogP contribution in [0, 0.1) is 11.3 Å². The van der Waals surface area contributed by atoms with Crippen molar-refractivity contribution in [1.29, 1.82) is 0 Å². The Hall–Kier alpha value is -1.27. The third-order valence-corrected chi connectivity index (χ3v) is 4.49. The number of β-amino-alcohol motifs (C(OH)–C–C–N with tert-alkyl or cyclic N) is 1. The fourth-order valence-electron chi connectivity index (χ4n) is 3.31. The van der Waals surface area contributed by atoms with E-state index in [4.69, 9.17) is 4.74 Å². The number of aliphatic hydroxyl groups excluding tert-OH is 1. The van der Waals surface area contributed by atoms with Crippen molar-refractivity contribution >= 4 is 0 Å². The molecule has 0 bridgehead atoms. The molecule has 136 valence electrons. The van der Waals surface area contributed by atoms with Gasteiger partial charge in [0.2, 0.25) is 0 Å². The van der Waals surface area contributed by atoms with Gasteiger partial charge in [0.05, 0.1) is 6.10 Å². The van der Waals surface area contributed by atoms with E-state index in [1.54, 1.807) is 12.1 Å². The summed E-state index contributed by atoms with van der Waals surface area (Å²) in [5.41, 5.74) is 0.952. The molecular formula is C18H26F3NO2. The second-order valence-corrected chi connectivity index (χ2v) is 7.61. The minimum absolute atomic E-state index is 0.0663. The molecule has 3 nitrogen and oxygen atoms in total. The van der Waals surface area contributed by atoms with Crippen molar-refractivity contribution < 1.29 is 23.0 Å². The lowest BCUT2D eigenvalue weighted by Gasteiger charge is -2.42. The van der Waals surface area contributed by atoms with Gasteiger partial charge in [-0.1, -0.05) is 32.9 Å². The maximum absolute atomic E-state index is 12.2. The number of piperidine rings is 1. The number of rotatable bonds is 4. The lowest BCUT2D eigenvalue weighted by atomic mass is 9.73. The average molecular weight is 345 g/mol. The van der Waals surface area contributed by atoms with Crippen molar-refractivity contribution in [3.8, 4) is 5.75 Å². The van der Waals surface area contributed by atoms with Crippen LogP contribution in [0.25, 0.3) is 0 Å². The molecule has 0 saturated carbocycles. The fourth-order valence-corrected chi connectivity index (χ4v) is 3.31. The standard InChI is InChI=1S/C18H26F3NO2/c1-17(2,3)15-7-8-22(11-16(15)23)10-13-5-4-6-14(9-13)24-12-18(19,20)21/h4-6,9,15-16,23H,7-8,10-12H2,1-3H3/t15-,16-/m1/s1. The van der Waals surface area contributed by atoms with Gasteiger partial charge in [-0.05, 0) is 42.0 Å². The highest BCUT2D eigenvalue weighted by atomic mass is 19.4. The summed E-state index contributed by atoms with van der Waals surface area (Å²) in [6, 6.07) is 6.71. The highest BCUT2D eigenvalue weighted by Gasteiger charge is 2.35. The van der Waals surface area contributed by atoms with Crippen molar-refractivity contribution in [2.24, 2.45) is 11.3 Å². The molecule has 0 aromatic heterocycles. The number of aliphatic hydroxyl groups is 1. The van der Waals surface area contributed by atoms with Crippen molar-refractivity contribution in [3.05, 3.63) is 29.8 Å². The van der Waals surface area contributed by atoms with Gasteiger partial charge >= 0.3 is 6.18 Å². The van der Waals surface area contributed by atoms with Crippen LogP contribution < -0.4 is 4.74 Å². The van der Waals surface area contributed by atoms with Crippen LogP contribution in [-0.2, 0) is 6.54 Å². The minimum Gasteiger partial charge on any atom is -0.484 e. The van der Waals surface area contributed by atoms with E-state index in [2.05, 4.69) is 25.7 Å². The van der Waals surface area contributed by atoms with Crippen LogP contribution in [0.15, 0.2) is 24.3 Å². The first-order valence-corrected chi connectivity index (χ1v) is 8.23. The molecule has 1 fully saturated rings. The Bertz CT molecular complexity index is 540. The third-order valence-electron chi connectivity index (χ3n) is 4.49. The number of hydrogen-bond donors (Lipinski definition) is 1. The maximum atomic E-state index is 12.2. The summed E-state index contributed by atoms with van der Waals surface area (Å²) in [5.74, 6) is 0.477. The Morgan fingerprint density at radius 3 is 2.54 bits per heavy atom. The number of hydrogen-bond acceptors (Lipinski definition) is 3. The zero-order valence-electron chi connectivity index (χ0n) is 14.4. The Morgan fingerprint density at radius 2 is 1.96 bits per heavy atom. The topological polar surface area (TPSA) is 32.7 Å². The monoisotopic (exact) mass is 345 g/mol. The number of benzene rings is 1. The first-order valence-electron chi connectivity index (χ1n) is 8.23. The first-order chi connectivity index (χ1) is 11.0. The SMILES string of the molecule is CC(C)(C)[C@@H]1CCN(Cc2cccc(OCC(F)(F)F)c2)C[C@H]1O. The van der Waals surface area contributed by atoms with E-state index in [1.807, 2.05) is 6.07 Å². The smallest absolute Gasteiger partial charge is 0.422 e. The molecule has 1 aliphatic rings. The maximum Gasteiger partial charge on any atom is 0.422 e. The van der Waals surface area contributed by atoms with Crippen LogP contribution in [0.4, 0.5) is 13.2 Å². The van der Waals surface area contributed by atoms with Gasteiger partial charge < -0.3 is 9.84 Å². The molecule has 1 aromatic carbocycles. The molecule has 0 unspecified atom stereocenters. The lowest BCUT2D eigenvalue weighted by Crippen LogP contribution is -2.47. The Kier molecular flexibility index (Phi) is 5.81. The number of likely N-dealkylation sites (tertiary alicyclic amines) is 1. The molecule has 1 N–H and O–H groups in total. The molecule has 2 rings (SSSR count). The van der Waals surface area contributed by atoms with Gasteiger partial charge in [-0.15, -0.1) is 0 Å². The Balaban J connectivity index is 1.93. The van der Waals surface area contributed by atoms with Crippen LogP contribution in [-0.4, -0.2) is 42.0 Å².